The smallest absolute Gasteiger partial charge is 0.143 e. The van der Waals surface area contributed by atoms with Crippen LogP contribution in [0, 0.1) is 0 Å². The van der Waals surface area contributed by atoms with Crippen LogP contribution in [0.5, 0.6) is 0 Å². The highest BCUT2D eigenvalue weighted by molar-refractivity contribution is 6.16. The summed E-state index contributed by atoms with van der Waals surface area (Å²) < 4.78 is 6.54. The van der Waals surface area contributed by atoms with Crippen LogP contribution in [0.1, 0.15) is 0 Å². The van der Waals surface area contributed by atoms with Gasteiger partial charge < -0.3 is 9.32 Å². The van der Waals surface area contributed by atoms with E-state index in [1.165, 1.54) is 54.2 Å². The Morgan fingerprint density at radius 3 is 1.75 bits per heavy atom. The van der Waals surface area contributed by atoms with Gasteiger partial charge in [-0.3, -0.25) is 0 Å². The molecule has 0 unspecified atom stereocenters. The Morgan fingerprint density at radius 1 is 0.308 bits per heavy atom. The molecule has 0 atom stereocenters. The average Bonchev–Trinajstić information content (AvgIpc) is 3.60. The Labute approximate surface area is 300 Å². The third-order valence-corrected chi connectivity index (χ3v) is 10.8. The topological polar surface area (TPSA) is 16.4 Å². The van der Waals surface area contributed by atoms with Crippen molar-refractivity contribution in [1.29, 1.82) is 0 Å². The average molecular weight is 662 g/mol. The van der Waals surface area contributed by atoms with E-state index in [1.54, 1.807) is 0 Å². The van der Waals surface area contributed by atoms with Gasteiger partial charge in [0.15, 0.2) is 0 Å². The van der Waals surface area contributed by atoms with E-state index < -0.39 is 0 Å². The van der Waals surface area contributed by atoms with Crippen molar-refractivity contribution in [1.82, 2.24) is 0 Å². The molecule has 52 heavy (non-hydrogen) atoms. The predicted octanol–water partition coefficient (Wildman–Crippen LogP) is 14.5. The summed E-state index contributed by atoms with van der Waals surface area (Å²) in [7, 11) is 0. The zero-order valence-electron chi connectivity index (χ0n) is 28.3. The number of rotatable bonds is 4. The van der Waals surface area contributed by atoms with Crippen LogP contribution in [0.15, 0.2) is 192 Å². The summed E-state index contributed by atoms with van der Waals surface area (Å²) in [5.41, 5.74) is 7.48. The molecule has 0 spiro atoms. The Balaban J connectivity index is 1.15. The van der Waals surface area contributed by atoms with Crippen molar-refractivity contribution in [2.75, 3.05) is 4.90 Å². The maximum Gasteiger partial charge on any atom is 0.143 e. The molecular formula is C50H31NO. The Morgan fingerprint density at radius 2 is 0.865 bits per heavy atom. The second-order valence-corrected chi connectivity index (χ2v) is 13.7. The van der Waals surface area contributed by atoms with Gasteiger partial charge in [-0.1, -0.05) is 133 Å². The Hall–Kier alpha value is -6.90. The van der Waals surface area contributed by atoms with E-state index >= 15 is 0 Å². The van der Waals surface area contributed by atoms with Crippen molar-refractivity contribution in [2.45, 2.75) is 0 Å². The molecule has 0 fully saturated rings. The summed E-state index contributed by atoms with van der Waals surface area (Å²) in [5.74, 6) is 0. The minimum absolute atomic E-state index is 0.907. The van der Waals surface area contributed by atoms with Gasteiger partial charge in [-0.05, 0) is 114 Å². The molecule has 0 saturated carbocycles. The first-order valence-electron chi connectivity index (χ1n) is 17.8. The molecule has 0 N–H and O–H groups in total. The van der Waals surface area contributed by atoms with Gasteiger partial charge in [0.1, 0.15) is 11.2 Å². The first-order chi connectivity index (χ1) is 25.8. The second kappa shape index (κ2) is 11.3. The highest BCUT2D eigenvalue weighted by atomic mass is 16.3. The summed E-state index contributed by atoms with van der Waals surface area (Å²) >= 11 is 0. The molecule has 11 aromatic rings. The third kappa shape index (κ3) is 4.44. The van der Waals surface area contributed by atoms with E-state index in [1.807, 2.05) is 6.07 Å². The minimum atomic E-state index is 0.907. The van der Waals surface area contributed by atoms with Gasteiger partial charge in [0, 0.05) is 33.2 Å². The molecule has 1 heterocycles. The summed E-state index contributed by atoms with van der Waals surface area (Å²) in [6.07, 6.45) is 0. The van der Waals surface area contributed by atoms with Crippen LogP contribution in [0.25, 0.3) is 86.9 Å². The van der Waals surface area contributed by atoms with Crippen molar-refractivity contribution in [3.05, 3.63) is 188 Å². The van der Waals surface area contributed by atoms with Crippen LogP contribution in [-0.2, 0) is 0 Å². The molecule has 0 aliphatic heterocycles. The predicted molar refractivity (Wildman–Crippen MR) is 221 cm³/mol. The Bertz CT molecular complexity index is 3210. The Kier molecular flexibility index (Phi) is 6.28. The van der Waals surface area contributed by atoms with Crippen molar-refractivity contribution in [3.8, 4) is 11.1 Å². The molecule has 0 aliphatic rings. The number of hydrogen-bond acceptors (Lipinski definition) is 2. The number of hydrogen-bond donors (Lipinski definition) is 0. The van der Waals surface area contributed by atoms with Crippen LogP contribution < -0.4 is 4.90 Å². The molecule has 0 bridgehead atoms. The van der Waals surface area contributed by atoms with Crippen LogP contribution in [0.3, 0.4) is 0 Å². The van der Waals surface area contributed by atoms with Crippen molar-refractivity contribution in [3.63, 3.8) is 0 Å². The van der Waals surface area contributed by atoms with Gasteiger partial charge in [0.25, 0.3) is 0 Å². The fraction of sp³-hybridized carbons (Fsp3) is 0. The van der Waals surface area contributed by atoms with Crippen LogP contribution in [0.4, 0.5) is 17.1 Å². The van der Waals surface area contributed by atoms with E-state index in [-0.39, 0.29) is 0 Å². The number of para-hydroxylation sites is 1. The normalized spacial score (nSPS) is 11.8. The molecule has 0 saturated heterocycles. The summed E-state index contributed by atoms with van der Waals surface area (Å²) in [4.78, 5) is 2.39. The lowest BCUT2D eigenvalue weighted by atomic mass is 9.93. The first-order valence-corrected chi connectivity index (χ1v) is 17.8. The van der Waals surface area contributed by atoms with Crippen LogP contribution in [-0.4, -0.2) is 0 Å². The van der Waals surface area contributed by atoms with Crippen LogP contribution in [0.2, 0.25) is 0 Å². The van der Waals surface area contributed by atoms with Gasteiger partial charge >= 0.3 is 0 Å². The van der Waals surface area contributed by atoms with E-state index in [0.717, 1.165) is 49.8 Å². The molecule has 10 aromatic carbocycles. The molecule has 2 heteroatoms. The molecule has 2 nitrogen and oxygen atoms in total. The zero-order valence-corrected chi connectivity index (χ0v) is 28.3. The largest absolute Gasteiger partial charge is 0.455 e. The maximum absolute atomic E-state index is 6.54. The zero-order chi connectivity index (χ0) is 34.2. The van der Waals surface area contributed by atoms with Gasteiger partial charge in [-0.2, -0.15) is 0 Å². The summed E-state index contributed by atoms with van der Waals surface area (Å²) in [6, 6.07) is 68.2. The molecule has 1 aromatic heterocycles. The standard InChI is InChI=1S/C50H31NO/c1-3-14-40-32(10-1)20-21-36-29-38(25-27-42(36)40)51(39-24-22-33-23-26-46-45-18-7-8-19-49(45)52-50(46)48(33)31-39)37-13-9-12-34(28-37)47-30-35-11-2-4-15-41(35)43-16-5-6-17-44(43)47/h1-31H. The fourth-order valence-electron chi connectivity index (χ4n) is 8.32. The third-order valence-electron chi connectivity index (χ3n) is 10.8. The number of furan rings is 1. The van der Waals surface area contributed by atoms with Gasteiger partial charge in [-0.25, -0.2) is 0 Å². The summed E-state index contributed by atoms with van der Waals surface area (Å²) in [6.45, 7) is 0. The molecule has 242 valence electrons. The number of fused-ring (bicyclic) bond motifs is 11. The van der Waals surface area contributed by atoms with E-state index in [9.17, 15) is 0 Å². The quantitative estimate of drug-likeness (QED) is 0.175. The van der Waals surface area contributed by atoms with Crippen molar-refractivity contribution < 1.29 is 4.42 Å². The first kappa shape index (κ1) is 28.9. The number of benzene rings is 10. The lowest BCUT2D eigenvalue weighted by molar-refractivity contribution is 0.672. The van der Waals surface area contributed by atoms with E-state index in [4.69, 9.17) is 4.42 Å². The summed E-state index contributed by atoms with van der Waals surface area (Å²) in [5, 5.41) is 14.5. The lowest BCUT2D eigenvalue weighted by Crippen LogP contribution is -2.10. The molecule has 0 radical (unpaired) electrons. The van der Waals surface area contributed by atoms with Gasteiger partial charge in [0.05, 0.1) is 0 Å². The number of nitrogens with zero attached hydrogens (tertiary/aromatic N) is 1. The maximum atomic E-state index is 6.54. The molecule has 11 rings (SSSR count). The lowest BCUT2D eigenvalue weighted by Gasteiger charge is -2.27. The van der Waals surface area contributed by atoms with Gasteiger partial charge in [0.2, 0.25) is 0 Å². The highest BCUT2D eigenvalue weighted by Crippen LogP contribution is 2.43. The SMILES string of the molecule is c1cc(-c2cc3ccccc3c3ccccc23)cc(N(c2ccc3c(ccc4ccccc43)c2)c2ccc3ccc4c5ccccc5oc4c3c2)c1. The minimum Gasteiger partial charge on any atom is -0.455 e. The number of anilines is 3. The van der Waals surface area contributed by atoms with Gasteiger partial charge in [-0.15, -0.1) is 0 Å². The molecular weight excluding hydrogens is 631 g/mol. The second-order valence-electron chi connectivity index (χ2n) is 13.7. The van der Waals surface area contributed by atoms with E-state index in [0.29, 0.717) is 0 Å². The molecule has 0 aliphatic carbocycles. The van der Waals surface area contributed by atoms with Crippen molar-refractivity contribution in [2.24, 2.45) is 0 Å². The fourth-order valence-corrected chi connectivity index (χ4v) is 8.32. The van der Waals surface area contributed by atoms with Crippen LogP contribution >= 0.6 is 0 Å². The monoisotopic (exact) mass is 661 g/mol. The highest BCUT2D eigenvalue weighted by Gasteiger charge is 2.18. The van der Waals surface area contributed by atoms with E-state index in [2.05, 4.69) is 187 Å². The van der Waals surface area contributed by atoms with Crippen molar-refractivity contribution >= 4 is 92.9 Å². The molecule has 0 amide bonds.